The number of halogens is 1. The highest BCUT2D eigenvalue weighted by Crippen LogP contribution is 2.09. The minimum atomic E-state index is -0.505. The number of nitrogens with two attached hydrogens (primary N) is 1. The molecule has 0 aliphatic carbocycles. The van der Waals surface area contributed by atoms with E-state index < -0.39 is 5.91 Å². The second-order valence-corrected chi connectivity index (χ2v) is 6.14. The van der Waals surface area contributed by atoms with Gasteiger partial charge in [-0.25, -0.2) is 0 Å². The molecule has 0 bridgehead atoms. The number of benzene rings is 2. The van der Waals surface area contributed by atoms with Crippen LogP contribution in [0.3, 0.4) is 0 Å². The third kappa shape index (κ3) is 6.22. The van der Waals surface area contributed by atoms with Gasteiger partial charge in [0.15, 0.2) is 0 Å². The van der Waals surface area contributed by atoms with Gasteiger partial charge in [0.1, 0.15) is 0 Å². The summed E-state index contributed by atoms with van der Waals surface area (Å²) in [4.78, 5) is 34.9. The first-order valence-electron chi connectivity index (χ1n) is 8.15. The fourth-order valence-electron chi connectivity index (χ4n) is 2.28. The summed E-state index contributed by atoms with van der Waals surface area (Å²) in [6, 6.07) is 13.4. The first-order chi connectivity index (χ1) is 12.5. The first-order valence-corrected chi connectivity index (χ1v) is 8.52. The van der Waals surface area contributed by atoms with Gasteiger partial charge in [0.25, 0.3) is 5.91 Å². The summed E-state index contributed by atoms with van der Waals surface area (Å²) in [6.07, 6.45) is 0.808. The topological polar surface area (TPSA) is 101 Å². The smallest absolute Gasteiger partial charge is 0.251 e. The zero-order chi connectivity index (χ0) is 18.9. The maximum absolute atomic E-state index is 11.9. The fourth-order valence-corrected chi connectivity index (χ4v) is 2.40. The van der Waals surface area contributed by atoms with Gasteiger partial charge >= 0.3 is 0 Å². The van der Waals surface area contributed by atoms with Crippen LogP contribution in [0.5, 0.6) is 0 Å². The summed E-state index contributed by atoms with van der Waals surface area (Å²) in [5.41, 5.74) is 6.95. The molecule has 136 valence electrons. The lowest BCUT2D eigenvalue weighted by atomic mass is 10.1. The van der Waals surface area contributed by atoms with E-state index in [-0.39, 0.29) is 18.2 Å². The van der Waals surface area contributed by atoms with Gasteiger partial charge in [-0.05, 0) is 48.4 Å². The molecule has 0 aliphatic rings. The van der Waals surface area contributed by atoms with E-state index in [0.717, 1.165) is 5.56 Å². The van der Waals surface area contributed by atoms with Crippen molar-refractivity contribution in [2.24, 2.45) is 5.73 Å². The summed E-state index contributed by atoms with van der Waals surface area (Å²) < 4.78 is 0. The molecule has 0 atom stereocenters. The van der Waals surface area contributed by atoms with Gasteiger partial charge in [-0.15, -0.1) is 0 Å². The monoisotopic (exact) mass is 373 g/mol. The van der Waals surface area contributed by atoms with Crippen molar-refractivity contribution in [1.82, 2.24) is 10.6 Å². The van der Waals surface area contributed by atoms with Gasteiger partial charge in [-0.1, -0.05) is 23.7 Å². The molecule has 26 heavy (non-hydrogen) atoms. The average molecular weight is 374 g/mol. The Morgan fingerprint density at radius 3 is 2.38 bits per heavy atom. The lowest BCUT2D eigenvalue weighted by Crippen LogP contribution is -2.27. The summed E-state index contributed by atoms with van der Waals surface area (Å²) >= 11 is 5.78. The third-order valence-electron chi connectivity index (χ3n) is 3.67. The van der Waals surface area contributed by atoms with Crippen LogP contribution in [-0.2, 0) is 11.3 Å². The minimum absolute atomic E-state index is 0.129. The summed E-state index contributed by atoms with van der Waals surface area (Å²) in [7, 11) is 0. The second-order valence-electron chi connectivity index (χ2n) is 5.71. The number of hydrogen-bond donors (Lipinski definition) is 3. The zero-order valence-electron chi connectivity index (χ0n) is 14.1. The number of nitrogens with one attached hydrogen (secondary N) is 2. The van der Waals surface area contributed by atoms with E-state index in [0.29, 0.717) is 35.7 Å². The lowest BCUT2D eigenvalue weighted by Gasteiger charge is -2.07. The van der Waals surface area contributed by atoms with Crippen molar-refractivity contribution in [1.29, 1.82) is 0 Å². The SMILES string of the molecule is NC(=O)c1cccc(CNC(=O)CCCNC(=O)c2ccc(Cl)cc2)c1. The van der Waals surface area contributed by atoms with Crippen molar-refractivity contribution in [3.05, 3.63) is 70.2 Å². The van der Waals surface area contributed by atoms with Crippen LogP contribution in [0.2, 0.25) is 5.02 Å². The predicted molar refractivity (Wildman–Crippen MR) is 99.8 cm³/mol. The van der Waals surface area contributed by atoms with Crippen LogP contribution >= 0.6 is 11.6 Å². The van der Waals surface area contributed by atoms with Crippen LogP contribution in [0.4, 0.5) is 0 Å². The normalized spacial score (nSPS) is 10.2. The Labute approximate surface area is 156 Å². The predicted octanol–water partition coefficient (Wildman–Crippen LogP) is 2.27. The van der Waals surface area contributed by atoms with Crippen molar-refractivity contribution in [2.75, 3.05) is 6.54 Å². The molecule has 3 amide bonds. The number of primary amides is 1. The quantitative estimate of drug-likeness (QED) is 0.618. The highest BCUT2D eigenvalue weighted by atomic mass is 35.5. The van der Waals surface area contributed by atoms with Gasteiger partial charge in [-0.3, -0.25) is 14.4 Å². The van der Waals surface area contributed by atoms with E-state index in [1.807, 2.05) is 0 Å². The van der Waals surface area contributed by atoms with E-state index >= 15 is 0 Å². The van der Waals surface area contributed by atoms with E-state index in [4.69, 9.17) is 17.3 Å². The Hall–Kier alpha value is -2.86. The van der Waals surface area contributed by atoms with Crippen LogP contribution in [0.25, 0.3) is 0 Å². The number of carbonyl (C=O) groups is 3. The van der Waals surface area contributed by atoms with Crippen LogP contribution in [0.15, 0.2) is 48.5 Å². The van der Waals surface area contributed by atoms with Crippen LogP contribution in [0, 0.1) is 0 Å². The van der Waals surface area contributed by atoms with Crippen LogP contribution < -0.4 is 16.4 Å². The van der Waals surface area contributed by atoms with Gasteiger partial charge in [-0.2, -0.15) is 0 Å². The second kappa shape index (κ2) is 9.58. The molecule has 2 rings (SSSR count). The van der Waals surface area contributed by atoms with Crippen molar-refractivity contribution < 1.29 is 14.4 Å². The third-order valence-corrected chi connectivity index (χ3v) is 3.93. The average Bonchev–Trinajstić information content (AvgIpc) is 2.64. The van der Waals surface area contributed by atoms with Gasteiger partial charge in [0.2, 0.25) is 11.8 Å². The molecule has 2 aromatic carbocycles. The highest BCUT2D eigenvalue weighted by molar-refractivity contribution is 6.30. The molecule has 0 aliphatic heterocycles. The summed E-state index contributed by atoms with van der Waals surface area (Å²) in [5.74, 6) is -0.838. The molecule has 0 fully saturated rings. The summed E-state index contributed by atoms with van der Waals surface area (Å²) in [6.45, 7) is 0.711. The minimum Gasteiger partial charge on any atom is -0.366 e. The van der Waals surface area contributed by atoms with E-state index in [9.17, 15) is 14.4 Å². The molecule has 0 aromatic heterocycles. The number of rotatable bonds is 8. The lowest BCUT2D eigenvalue weighted by molar-refractivity contribution is -0.121. The van der Waals surface area contributed by atoms with Gasteiger partial charge in [0, 0.05) is 35.7 Å². The van der Waals surface area contributed by atoms with Crippen molar-refractivity contribution in [3.8, 4) is 0 Å². The Morgan fingerprint density at radius 2 is 1.69 bits per heavy atom. The zero-order valence-corrected chi connectivity index (χ0v) is 14.9. The van der Waals surface area contributed by atoms with Gasteiger partial charge in [0.05, 0.1) is 0 Å². The van der Waals surface area contributed by atoms with E-state index in [1.165, 1.54) is 0 Å². The molecule has 0 radical (unpaired) electrons. The molecule has 7 heteroatoms. The highest BCUT2D eigenvalue weighted by Gasteiger charge is 2.06. The Kier molecular flexibility index (Phi) is 7.17. The summed E-state index contributed by atoms with van der Waals surface area (Å²) in [5, 5.41) is 6.10. The fraction of sp³-hybridized carbons (Fsp3) is 0.211. The molecule has 2 aromatic rings. The number of amides is 3. The van der Waals surface area contributed by atoms with Gasteiger partial charge < -0.3 is 16.4 Å². The van der Waals surface area contributed by atoms with Crippen LogP contribution in [-0.4, -0.2) is 24.3 Å². The molecule has 6 nitrogen and oxygen atoms in total. The van der Waals surface area contributed by atoms with Crippen molar-refractivity contribution in [3.63, 3.8) is 0 Å². The van der Waals surface area contributed by atoms with Crippen molar-refractivity contribution >= 4 is 29.3 Å². The Balaban J connectivity index is 1.67. The Morgan fingerprint density at radius 1 is 0.962 bits per heavy atom. The molecule has 4 N–H and O–H groups in total. The number of carbonyl (C=O) groups excluding carboxylic acids is 3. The Bertz CT molecular complexity index is 791. The standard InChI is InChI=1S/C19H20ClN3O3/c20-16-8-6-14(7-9-16)19(26)22-10-2-5-17(24)23-12-13-3-1-4-15(11-13)18(21)25/h1,3-4,6-9,11H,2,5,10,12H2,(H2,21,25)(H,22,26)(H,23,24). The maximum atomic E-state index is 11.9. The van der Waals surface area contributed by atoms with E-state index in [1.54, 1.807) is 48.5 Å². The molecular weight excluding hydrogens is 354 g/mol. The molecule has 0 heterocycles. The maximum Gasteiger partial charge on any atom is 0.251 e. The molecule has 0 spiro atoms. The molecule has 0 saturated heterocycles. The van der Waals surface area contributed by atoms with Crippen molar-refractivity contribution in [2.45, 2.75) is 19.4 Å². The number of hydrogen-bond acceptors (Lipinski definition) is 3. The van der Waals surface area contributed by atoms with E-state index in [2.05, 4.69) is 10.6 Å². The molecular formula is C19H20ClN3O3. The first kappa shape index (κ1) is 19.5. The molecule has 0 unspecified atom stereocenters. The largest absolute Gasteiger partial charge is 0.366 e. The van der Waals surface area contributed by atoms with Crippen LogP contribution in [0.1, 0.15) is 39.1 Å². The molecule has 0 saturated carbocycles.